The molecule has 0 spiro atoms. The summed E-state index contributed by atoms with van der Waals surface area (Å²) >= 11 is 6.00. The van der Waals surface area contributed by atoms with Gasteiger partial charge in [0.25, 0.3) is 0 Å². The maximum atomic E-state index is 13.4. The minimum Gasteiger partial charge on any atom is -0.495 e. The zero-order chi connectivity index (χ0) is 23.1. The van der Waals surface area contributed by atoms with Crippen molar-refractivity contribution < 1.29 is 13.2 Å². The Bertz CT molecular complexity index is 1440. The van der Waals surface area contributed by atoms with E-state index in [4.69, 9.17) is 16.3 Å². The van der Waals surface area contributed by atoms with Gasteiger partial charge < -0.3 is 4.74 Å². The fourth-order valence-corrected chi connectivity index (χ4v) is 5.59. The van der Waals surface area contributed by atoms with Crippen molar-refractivity contribution >= 4 is 21.4 Å². The third kappa shape index (κ3) is 3.84. The Morgan fingerprint density at radius 2 is 1.65 bits per heavy atom. The van der Waals surface area contributed by atoms with Crippen LogP contribution in [0.4, 0.5) is 0 Å². The molecule has 1 aromatic heterocycles. The van der Waals surface area contributed by atoms with Crippen LogP contribution in [0.25, 0.3) is 5.69 Å². The van der Waals surface area contributed by atoms with E-state index in [0.29, 0.717) is 11.1 Å². The number of aromatic amines is 1. The molecule has 164 valence electrons. The van der Waals surface area contributed by atoms with E-state index in [-0.39, 0.29) is 32.8 Å². The van der Waals surface area contributed by atoms with Gasteiger partial charge in [0.2, 0.25) is 9.84 Å². The summed E-state index contributed by atoms with van der Waals surface area (Å²) in [6, 6.07) is 7.08. The van der Waals surface area contributed by atoms with Crippen LogP contribution in [0.1, 0.15) is 18.1 Å². The van der Waals surface area contributed by atoms with Gasteiger partial charge in [0.05, 0.1) is 17.7 Å². The first-order chi connectivity index (χ1) is 14.5. The van der Waals surface area contributed by atoms with Gasteiger partial charge in [0.15, 0.2) is 0 Å². The highest BCUT2D eigenvalue weighted by molar-refractivity contribution is 7.91. The van der Waals surface area contributed by atoms with Crippen molar-refractivity contribution in [3.8, 4) is 11.4 Å². The summed E-state index contributed by atoms with van der Waals surface area (Å²) in [7, 11) is -2.69. The van der Waals surface area contributed by atoms with Crippen LogP contribution in [-0.2, 0) is 16.4 Å². The third-order valence-corrected chi connectivity index (χ3v) is 7.10. The quantitative estimate of drug-likeness (QED) is 0.613. The summed E-state index contributed by atoms with van der Waals surface area (Å²) < 4.78 is 33.7. The SMILES string of the molecule is CCn1c(=O)[nH]c(=O)n(-c2cc(C)c(S(=O)(=O)c3cc(Cl)ccc3OC)c(C)c2)c1=O. The zero-order valence-electron chi connectivity index (χ0n) is 17.2. The number of H-pyrrole nitrogens is 1. The average molecular weight is 466 g/mol. The number of aryl methyl sites for hydroxylation is 2. The topological polar surface area (TPSA) is 120 Å². The number of hydrogen-bond acceptors (Lipinski definition) is 6. The second kappa shape index (κ2) is 8.20. The van der Waals surface area contributed by atoms with E-state index in [9.17, 15) is 22.8 Å². The van der Waals surface area contributed by atoms with Crippen molar-refractivity contribution in [1.82, 2.24) is 14.1 Å². The third-order valence-electron chi connectivity index (χ3n) is 4.79. The molecule has 0 bridgehead atoms. The van der Waals surface area contributed by atoms with Gasteiger partial charge in [-0.3, -0.25) is 4.98 Å². The predicted molar refractivity (Wildman–Crippen MR) is 116 cm³/mol. The molecule has 0 saturated heterocycles. The van der Waals surface area contributed by atoms with Crippen LogP contribution in [0.5, 0.6) is 5.75 Å². The number of aromatic nitrogens is 3. The van der Waals surface area contributed by atoms with Gasteiger partial charge in [-0.15, -0.1) is 0 Å². The summed E-state index contributed by atoms with van der Waals surface area (Å²) in [5.74, 6) is 0.134. The average Bonchev–Trinajstić information content (AvgIpc) is 2.67. The van der Waals surface area contributed by atoms with Crippen LogP contribution in [-0.4, -0.2) is 29.6 Å². The molecule has 1 N–H and O–H groups in total. The summed E-state index contributed by atoms with van der Waals surface area (Å²) in [5, 5.41) is 0.228. The lowest BCUT2D eigenvalue weighted by Gasteiger charge is -2.16. The van der Waals surface area contributed by atoms with Gasteiger partial charge in [0, 0.05) is 11.6 Å². The highest BCUT2D eigenvalue weighted by atomic mass is 35.5. The van der Waals surface area contributed by atoms with Crippen LogP contribution in [0, 0.1) is 13.8 Å². The van der Waals surface area contributed by atoms with Crippen molar-refractivity contribution in [1.29, 1.82) is 0 Å². The molecule has 31 heavy (non-hydrogen) atoms. The molecule has 0 radical (unpaired) electrons. The number of ether oxygens (including phenoxy) is 1. The van der Waals surface area contributed by atoms with Gasteiger partial charge in [-0.2, -0.15) is 0 Å². The summed E-state index contributed by atoms with van der Waals surface area (Å²) in [6.45, 7) is 4.76. The first kappa shape index (κ1) is 22.6. The lowest BCUT2D eigenvalue weighted by Crippen LogP contribution is -2.48. The molecular formula is C20H20ClN3O6S. The van der Waals surface area contributed by atoms with Crippen molar-refractivity contribution in [3.05, 3.63) is 77.9 Å². The van der Waals surface area contributed by atoms with Crippen LogP contribution in [0.2, 0.25) is 5.02 Å². The van der Waals surface area contributed by atoms with Crippen LogP contribution < -0.4 is 21.8 Å². The molecular weight excluding hydrogens is 446 g/mol. The van der Waals surface area contributed by atoms with E-state index >= 15 is 0 Å². The fourth-order valence-electron chi connectivity index (χ4n) is 3.47. The Kier molecular flexibility index (Phi) is 5.97. The molecule has 9 nitrogen and oxygen atoms in total. The summed E-state index contributed by atoms with van der Waals surface area (Å²) in [6.07, 6.45) is 0. The van der Waals surface area contributed by atoms with E-state index in [1.54, 1.807) is 20.8 Å². The van der Waals surface area contributed by atoms with Gasteiger partial charge in [-0.25, -0.2) is 31.9 Å². The molecule has 3 rings (SSSR count). The number of halogens is 1. The number of nitrogens with zero attached hydrogens (tertiary/aromatic N) is 2. The minimum absolute atomic E-state index is 0.00473. The first-order valence-electron chi connectivity index (χ1n) is 9.19. The van der Waals surface area contributed by atoms with Gasteiger partial charge >= 0.3 is 17.1 Å². The Morgan fingerprint density at radius 3 is 2.19 bits per heavy atom. The van der Waals surface area contributed by atoms with Gasteiger partial charge in [-0.05, 0) is 62.2 Å². The Hall–Kier alpha value is -3.11. The molecule has 3 aromatic rings. The Labute approximate surface area is 182 Å². The van der Waals surface area contributed by atoms with Crippen molar-refractivity contribution in [2.24, 2.45) is 0 Å². The Balaban J connectivity index is 2.29. The number of benzene rings is 2. The van der Waals surface area contributed by atoms with Gasteiger partial charge in [0.1, 0.15) is 10.6 Å². The lowest BCUT2D eigenvalue weighted by atomic mass is 10.1. The van der Waals surface area contributed by atoms with Gasteiger partial charge in [-0.1, -0.05) is 11.6 Å². The number of sulfone groups is 1. The molecule has 11 heteroatoms. The molecule has 1 heterocycles. The van der Waals surface area contributed by atoms with E-state index in [1.807, 2.05) is 0 Å². The van der Waals surface area contributed by atoms with E-state index in [2.05, 4.69) is 4.98 Å². The highest BCUT2D eigenvalue weighted by Gasteiger charge is 2.27. The maximum absolute atomic E-state index is 13.4. The molecule has 0 atom stereocenters. The van der Waals surface area contributed by atoms with E-state index < -0.39 is 26.9 Å². The van der Waals surface area contributed by atoms with Crippen molar-refractivity contribution in [2.45, 2.75) is 37.1 Å². The van der Waals surface area contributed by atoms with Crippen molar-refractivity contribution in [3.63, 3.8) is 0 Å². The number of hydrogen-bond donors (Lipinski definition) is 1. The summed E-state index contributed by atoms with van der Waals surface area (Å²) in [4.78, 5) is 38.8. The van der Waals surface area contributed by atoms with E-state index in [1.165, 1.54) is 37.4 Å². The lowest BCUT2D eigenvalue weighted by molar-refractivity contribution is 0.402. The largest absolute Gasteiger partial charge is 0.495 e. The second-order valence-electron chi connectivity index (χ2n) is 6.80. The standard InChI is InChI=1S/C20H20ClN3O6S/c1-5-23-18(25)22-19(26)24(20(23)27)14-8-11(2)17(12(3)9-14)31(28,29)16-10-13(21)6-7-15(16)30-4/h6-10H,5H2,1-4H3,(H,22,25,26). The number of methoxy groups -OCH3 is 1. The number of rotatable bonds is 5. The minimum atomic E-state index is -4.04. The molecule has 0 fully saturated rings. The van der Waals surface area contributed by atoms with Crippen LogP contribution in [0.15, 0.2) is 54.5 Å². The first-order valence-corrected chi connectivity index (χ1v) is 11.1. The molecule has 0 aliphatic rings. The molecule has 0 unspecified atom stereocenters. The van der Waals surface area contributed by atoms with Crippen LogP contribution >= 0.6 is 11.6 Å². The monoisotopic (exact) mass is 465 g/mol. The molecule has 0 aliphatic carbocycles. The molecule has 2 aromatic carbocycles. The smallest absolute Gasteiger partial charge is 0.340 e. The van der Waals surface area contributed by atoms with Crippen molar-refractivity contribution in [2.75, 3.05) is 7.11 Å². The predicted octanol–water partition coefficient (Wildman–Crippen LogP) is 1.82. The molecule has 0 aliphatic heterocycles. The second-order valence-corrected chi connectivity index (χ2v) is 9.10. The fraction of sp³-hybridized carbons (Fsp3) is 0.250. The summed E-state index contributed by atoms with van der Waals surface area (Å²) in [5.41, 5.74) is -1.79. The van der Waals surface area contributed by atoms with E-state index in [0.717, 1.165) is 9.13 Å². The highest BCUT2D eigenvalue weighted by Crippen LogP contribution is 2.35. The molecule has 0 amide bonds. The maximum Gasteiger partial charge on any atom is 0.340 e. The van der Waals surface area contributed by atoms with Crippen LogP contribution in [0.3, 0.4) is 0 Å². The Morgan fingerprint density at radius 1 is 1.03 bits per heavy atom. The molecule has 0 saturated carbocycles. The zero-order valence-corrected chi connectivity index (χ0v) is 18.8. The normalized spacial score (nSPS) is 11.5. The number of nitrogens with one attached hydrogen (secondary N) is 1.